The van der Waals surface area contributed by atoms with Gasteiger partial charge >= 0.3 is 6.03 Å². The van der Waals surface area contributed by atoms with Gasteiger partial charge in [-0.05, 0) is 30.2 Å². The molecule has 0 bridgehead atoms. The molecule has 0 saturated heterocycles. The van der Waals surface area contributed by atoms with Crippen LogP contribution in [0.5, 0.6) is 0 Å². The smallest absolute Gasteiger partial charge is 0.315 e. The highest BCUT2D eigenvalue weighted by atomic mass is 32.1. The molecule has 1 atom stereocenters. The predicted octanol–water partition coefficient (Wildman–Crippen LogP) is 3.64. The molecular weight excluding hydrogens is 320 g/mol. The lowest BCUT2D eigenvalue weighted by Crippen LogP contribution is -2.38. The molecule has 0 spiro atoms. The van der Waals surface area contributed by atoms with E-state index in [2.05, 4.69) is 20.6 Å². The third-order valence-electron chi connectivity index (χ3n) is 4.27. The van der Waals surface area contributed by atoms with Gasteiger partial charge in [0.1, 0.15) is 5.01 Å². The Morgan fingerprint density at radius 2 is 2.08 bits per heavy atom. The molecule has 2 N–H and O–H groups in total. The molecular formula is C18H18N4OS. The number of urea groups is 1. The molecule has 122 valence electrons. The minimum Gasteiger partial charge on any atom is -0.332 e. The van der Waals surface area contributed by atoms with Crippen LogP contribution < -0.4 is 10.6 Å². The van der Waals surface area contributed by atoms with E-state index in [9.17, 15) is 4.79 Å². The molecule has 6 heteroatoms. The van der Waals surface area contributed by atoms with Crippen molar-refractivity contribution in [1.82, 2.24) is 20.6 Å². The zero-order valence-electron chi connectivity index (χ0n) is 13.1. The number of nitrogens with zero attached hydrogens (tertiary/aromatic N) is 2. The maximum Gasteiger partial charge on any atom is 0.315 e. The van der Waals surface area contributed by atoms with Crippen LogP contribution in [0.15, 0.2) is 48.1 Å². The number of carbonyl (C=O) groups excluding carboxylic acids is 1. The fourth-order valence-corrected chi connectivity index (χ4v) is 3.66. The number of carbonyl (C=O) groups is 1. The summed E-state index contributed by atoms with van der Waals surface area (Å²) in [6.07, 6.45) is 5.86. The van der Waals surface area contributed by atoms with E-state index >= 15 is 0 Å². The molecule has 0 unspecified atom stereocenters. The number of pyridine rings is 1. The first kappa shape index (κ1) is 15.1. The van der Waals surface area contributed by atoms with Crippen LogP contribution in [0.2, 0.25) is 0 Å². The van der Waals surface area contributed by atoms with Gasteiger partial charge in [0, 0.05) is 23.2 Å². The van der Waals surface area contributed by atoms with Gasteiger partial charge < -0.3 is 10.6 Å². The number of hydrogen-bond acceptors (Lipinski definition) is 4. The van der Waals surface area contributed by atoms with E-state index in [1.165, 1.54) is 0 Å². The molecule has 4 rings (SSSR count). The first-order valence-corrected chi connectivity index (χ1v) is 8.95. The first-order valence-electron chi connectivity index (χ1n) is 8.07. The molecule has 24 heavy (non-hydrogen) atoms. The van der Waals surface area contributed by atoms with E-state index in [1.54, 1.807) is 23.7 Å². The second kappa shape index (κ2) is 6.57. The Morgan fingerprint density at radius 1 is 1.21 bits per heavy atom. The van der Waals surface area contributed by atoms with Gasteiger partial charge in [-0.1, -0.05) is 24.3 Å². The second-order valence-corrected chi connectivity index (χ2v) is 6.92. The zero-order chi connectivity index (χ0) is 16.4. The minimum atomic E-state index is -0.170. The topological polar surface area (TPSA) is 66.9 Å². The molecule has 2 heterocycles. The van der Waals surface area contributed by atoms with Crippen LogP contribution in [-0.2, 0) is 6.54 Å². The summed E-state index contributed by atoms with van der Waals surface area (Å²) in [7, 11) is 0. The van der Waals surface area contributed by atoms with Crippen molar-refractivity contribution in [3.05, 3.63) is 58.8 Å². The van der Waals surface area contributed by atoms with Crippen LogP contribution in [0.3, 0.4) is 0 Å². The quantitative estimate of drug-likeness (QED) is 0.746. The van der Waals surface area contributed by atoms with Gasteiger partial charge in [0.15, 0.2) is 0 Å². The third kappa shape index (κ3) is 3.23. The van der Waals surface area contributed by atoms with Crippen molar-refractivity contribution in [3.8, 4) is 0 Å². The Labute approximate surface area is 144 Å². The van der Waals surface area contributed by atoms with Gasteiger partial charge in [-0.2, -0.15) is 0 Å². The molecule has 5 nitrogen and oxygen atoms in total. The van der Waals surface area contributed by atoms with Gasteiger partial charge in [-0.15, -0.1) is 11.3 Å². The summed E-state index contributed by atoms with van der Waals surface area (Å²) < 4.78 is 0. The summed E-state index contributed by atoms with van der Waals surface area (Å²) in [6, 6.07) is 9.89. The van der Waals surface area contributed by atoms with Gasteiger partial charge in [0.2, 0.25) is 0 Å². The maximum atomic E-state index is 12.3. The maximum absolute atomic E-state index is 12.3. The van der Waals surface area contributed by atoms with E-state index in [4.69, 9.17) is 0 Å². The number of fused-ring (bicyclic) bond motifs is 1. The molecule has 1 fully saturated rings. The lowest BCUT2D eigenvalue weighted by molar-refractivity contribution is 0.235. The Kier molecular flexibility index (Phi) is 4.13. The fourth-order valence-electron chi connectivity index (χ4n) is 2.88. The molecule has 0 aliphatic heterocycles. The first-order chi connectivity index (χ1) is 11.8. The molecule has 2 amide bonds. The van der Waals surface area contributed by atoms with Crippen LogP contribution in [0.4, 0.5) is 4.79 Å². The van der Waals surface area contributed by atoms with Crippen molar-refractivity contribution in [2.45, 2.75) is 25.4 Å². The van der Waals surface area contributed by atoms with E-state index in [0.717, 1.165) is 34.3 Å². The highest BCUT2D eigenvalue weighted by Gasteiger charge is 2.34. The lowest BCUT2D eigenvalue weighted by Gasteiger charge is -2.16. The van der Waals surface area contributed by atoms with Crippen molar-refractivity contribution < 1.29 is 4.79 Å². The minimum absolute atomic E-state index is 0.0190. The number of nitrogens with one attached hydrogen (secondary N) is 2. The van der Waals surface area contributed by atoms with Crippen molar-refractivity contribution in [3.63, 3.8) is 0 Å². The van der Waals surface area contributed by atoms with Crippen LogP contribution in [0, 0.1) is 5.92 Å². The number of rotatable bonds is 5. The van der Waals surface area contributed by atoms with Crippen LogP contribution in [0.25, 0.3) is 10.8 Å². The summed E-state index contributed by atoms with van der Waals surface area (Å²) in [5.74, 6) is 0.512. The number of aromatic nitrogens is 2. The predicted molar refractivity (Wildman–Crippen MR) is 94.7 cm³/mol. The Morgan fingerprint density at radius 3 is 2.88 bits per heavy atom. The molecule has 2 aromatic heterocycles. The fraction of sp³-hybridized carbons (Fsp3) is 0.278. The largest absolute Gasteiger partial charge is 0.332 e. The Balaban J connectivity index is 1.42. The number of benzene rings is 1. The van der Waals surface area contributed by atoms with Crippen molar-refractivity contribution in [2.75, 3.05) is 0 Å². The number of amides is 2. The Bertz CT molecular complexity index is 840. The van der Waals surface area contributed by atoms with Gasteiger partial charge in [-0.25, -0.2) is 9.78 Å². The summed E-state index contributed by atoms with van der Waals surface area (Å²) >= 11 is 1.59. The van der Waals surface area contributed by atoms with Crippen molar-refractivity contribution in [2.24, 2.45) is 5.92 Å². The van der Waals surface area contributed by atoms with Crippen LogP contribution in [-0.4, -0.2) is 16.0 Å². The van der Waals surface area contributed by atoms with Crippen molar-refractivity contribution >= 4 is 28.1 Å². The summed E-state index contributed by atoms with van der Waals surface area (Å²) in [5, 5.41) is 11.1. The summed E-state index contributed by atoms with van der Waals surface area (Å²) in [6.45, 7) is 0.405. The van der Waals surface area contributed by atoms with E-state index < -0.39 is 0 Å². The molecule has 3 aromatic rings. The molecule has 1 saturated carbocycles. The summed E-state index contributed by atoms with van der Waals surface area (Å²) in [4.78, 5) is 21.1. The van der Waals surface area contributed by atoms with Crippen LogP contribution in [0.1, 0.15) is 29.6 Å². The molecule has 0 radical (unpaired) electrons. The number of hydrogen-bond donors (Lipinski definition) is 2. The monoisotopic (exact) mass is 338 g/mol. The van der Waals surface area contributed by atoms with Crippen LogP contribution >= 0.6 is 11.3 Å². The van der Waals surface area contributed by atoms with Gasteiger partial charge in [0.25, 0.3) is 0 Å². The normalized spacial score (nSPS) is 15.2. The average molecular weight is 338 g/mol. The highest BCUT2D eigenvalue weighted by molar-refractivity contribution is 7.09. The van der Waals surface area contributed by atoms with Crippen molar-refractivity contribution in [1.29, 1.82) is 0 Å². The highest BCUT2D eigenvalue weighted by Crippen LogP contribution is 2.41. The van der Waals surface area contributed by atoms with E-state index in [1.807, 2.05) is 35.7 Å². The second-order valence-electron chi connectivity index (χ2n) is 5.99. The molecule has 1 aliphatic carbocycles. The lowest BCUT2D eigenvalue weighted by atomic mass is 10.1. The zero-order valence-corrected chi connectivity index (χ0v) is 13.9. The average Bonchev–Trinajstić information content (AvgIpc) is 3.31. The standard InChI is InChI=1S/C18H18N4OS/c23-18(22-16(13-5-6-13)17-20-9-10-24-17)21-11-15-14-4-2-1-3-12(14)7-8-19-15/h1-4,7-10,13,16H,5-6,11H2,(H2,21,22,23)/t16-/m0/s1. The van der Waals surface area contributed by atoms with Gasteiger partial charge in [0.05, 0.1) is 18.3 Å². The van der Waals surface area contributed by atoms with E-state index in [-0.39, 0.29) is 12.1 Å². The Hall–Kier alpha value is -2.47. The molecule has 1 aromatic carbocycles. The van der Waals surface area contributed by atoms with E-state index in [0.29, 0.717) is 12.5 Å². The number of thiazole rings is 1. The summed E-state index contributed by atoms with van der Waals surface area (Å²) in [5.41, 5.74) is 0.875. The third-order valence-corrected chi connectivity index (χ3v) is 5.13. The SMILES string of the molecule is O=C(NCc1nccc2ccccc12)N[C@H](c1nccs1)C1CC1. The molecule has 1 aliphatic rings. The van der Waals surface area contributed by atoms with Gasteiger partial charge in [-0.3, -0.25) is 4.98 Å².